The number of carbonyl (C=O) groups is 2. The molecule has 0 saturated heterocycles. The number of nitrogens with one attached hydrogen (secondary N) is 1. The number of carboxylic acid groups (broad SMARTS) is 1. The molecule has 0 radical (unpaired) electrons. The van der Waals surface area contributed by atoms with E-state index in [0.29, 0.717) is 11.4 Å². The molecule has 2 aromatic carbocycles. The van der Waals surface area contributed by atoms with Crippen LogP contribution in [0.15, 0.2) is 48.5 Å². The first-order valence-electron chi connectivity index (χ1n) is 6.14. The predicted molar refractivity (Wildman–Crippen MR) is 78.9 cm³/mol. The highest BCUT2D eigenvalue weighted by molar-refractivity contribution is 6.02. The highest BCUT2D eigenvalue weighted by atomic mass is 16.4. The van der Waals surface area contributed by atoms with Gasteiger partial charge in [0.05, 0.1) is 5.56 Å². The Balaban J connectivity index is 2.14. The molecule has 0 aliphatic rings. The van der Waals surface area contributed by atoms with Gasteiger partial charge in [-0.1, -0.05) is 12.1 Å². The van der Waals surface area contributed by atoms with Gasteiger partial charge < -0.3 is 15.5 Å². The van der Waals surface area contributed by atoms with Crippen molar-refractivity contribution in [1.82, 2.24) is 0 Å². The number of rotatable bonds is 3. The van der Waals surface area contributed by atoms with E-state index in [0.717, 1.165) is 0 Å². The highest BCUT2D eigenvalue weighted by Gasteiger charge is 2.12. The Morgan fingerprint density at radius 2 is 1.81 bits per heavy atom. The summed E-state index contributed by atoms with van der Waals surface area (Å²) in [5, 5.41) is 20.9. The number of phenols is 1. The maximum Gasteiger partial charge on any atom is 0.335 e. The summed E-state index contributed by atoms with van der Waals surface area (Å²) in [5.74, 6) is -1.01. The van der Waals surface area contributed by atoms with E-state index in [1.165, 1.54) is 29.2 Å². The van der Waals surface area contributed by atoms with E-state index in [4.69, 9.17) is 5.11 Å². The fraction of sp³-hybridized carbons (Fsp3) is 0.0667. The number of hydrogen-bond donors (Lipinski definition) is 3. The average Bonchev–Trinajstić information content (AvgIpc) is 2.46. The van der Waals surface area contributed by atoms with E-state index in [1.807, 2.05) is 0 Å². The van der Waals surface area contributed by atoms with E-state index in [-0.39, 0.29) is 11.3 Å². The zero-order valence-electron chi connectivity index (χ0n) is 11.3. The Kier molecular flexibility index (Phi) is 4.08. The summed E-state index contributed by atoms with van der Waals surface area (Å²) in [6.07, 6.45) is 0. The molecule has 0 heterocycles. The quantitative estimate of drug-likeness (QED) is 0.809. The van der Waals surface area contributed by atoms with Crippen molar-refractivity contribution in [2.45, 2.75) is 0 Å². The van der Waals surface area contributed by atoms with Gasteiger partial charge >= 0.3 is 12.0 Å². The molecular formula is C15H14N2O4. The van der Waals surface area contributed by atoms with Gasteiger partial charge in [-0.2, -0.15) is 0 Å². The lowest BCUT2D eigenvalue weighted by Gasteiger charge is -2.18. The van der Waals surface area contributed by atoms with Crippen molar-refractivity contribution in [2.24, 2.45) is 0 Å². The van der Waals surface area contributed by atoms with Crippen LogP contribution >= 0.6 is 0 Å². The van der Waals surface area contributed by atoms with Crippen LogP contribution in [0.1, 0.15) is 10.4 Å². The molecule has 0 atom stereocenters. The molecule has 3 N–H and O–H groups in total. The summed E-state index contributed by atoms with van der Waals surface area (Å²) in [6.45, 7) is 0. The summed E-state index contributed by atoms with van der Waals surface area (Å²) < 4.78 is 0. The summed E-state index contributed by atoms with van der Waals surface area (Å²) in [6, 6.07) is 11.8. The molecule has 0 aliphatic carbocycles. The number of carbonyl (C=O) groups excluding carboxylic acids is 1. The largest absolute Gasteiger partial charge is 0.508 e. The smallest absolute Gasteiger partial charge is 0.335 e. The number of urea groups is 1. The molecule has 0 aliphatic heterocycles. The molecule has 2 aromatic rings. The van der Waals surface area contributed by atoms with Gasteiger partial charge in [0, 0.05) is 24.5 Å². The number of carboxylic acids is 1. The minimum atomic E-state index is -1.06. The lowest BCUT2D eigenvalue weighted by Crippen LogP contribution is -2.31. The van der Waals surface area contributed by atoms with Crippen LogP contribution in [0.3, 0.4) is 0 Å². The van der Waals surface area contributed by atoms with E-state index in [2.05, 4.69) is 5.32 Å². The lowest BCUT2D eigenvalue weighted by atomic mass is 10.2. The molecule has 0 fully saturated rings. The van der Waals surface area contributed by atoms with E-state index >= 15 is 0 Å². The van der Waals surface area contributed by atoms with Gasteiger partial charge in [-0.05, 0) is 30.3 Å². The fourth-order valence-corrected chi connectivity index (χ4v) is 1.76. The van der Waals surface area contributed by atoms with E-state index in [9.17, 15) is 14.7 Å². The molecule has 6 nitrogen and oxygen atoms in total. The van der Waals surface area contributed by atoms with Crippen LogP contribution in [-0.2, 0) is 0 Å². The zero-order chi connectivity index (χ0) is 15.4. The van der Waals surface area contributed by atoms with E-state index < -0.39 is 12.0 Å². The third-order valence-electron chi connectivity index (χ3n) is 2.88. The summed E-state index contributed by atoms with van der Waals surface area (Å²) in [5.41, 5.74) is 0.988. The van der Waals surface area contributed by atoms with Crippen molar-refractivity contribution < 1.29 is 19.8 Å². The standard InChI is InChI=1S/C15H14N2O4/c1-17(12-6-3-7-13(18)9-12)15(21)16-11-5-2-4-10(8-11)14(19)20/h2-9,18H,1H3,(H,16,21)(H,19,20). The van der Waals surface area contributed by atoms with Crippen LogP contribution < -0.4 is 10.2 Å². The second kappa shape index (κ2) is 5.96. The first-order chi connectivity index (χ1) is 9.97. The Morgan fingerprint density at radius 3 is 2.48 bits per heavy atom. The second-order valence-electron chi connectivity index (χ2n) is 4.39. The third kappa shape index (κ3) is 3.50. The SMILES string of the molecule is CN(C(=O)Nc1cccc(C(=O)O)c1)c1cccc(O)c1. The van der Waals surface area contributed by atoms with Gasteiger partial charge in [0.2, 0.25) is 0 Å². The molecular weight excluding hydrogens is 272 g/mol. The molecule has 0 aromatic heterocycles. The van der Waals surface area contributed by atoms with Crippen molar-refractivity contribution in [3.63, 3.8) is 0 Å². The molecule has 2 rings (SSSR count). The first-order valence-corrected chi connectivity index (χ1v) is 6.14. The van der Waals surface area contributed by atoms with Gasteiger partial charge in [-0.15, -0.1) is 0 Å². The predicted octanol–water partition coefficient (Wildman–Crippen LogP) is 2.76. The molecule has 2 amide bonds. The van der Waals surface area contributed by atoms with Crippen LogP contribution in [0.5, 0.6) is 5.75 Å². The molecule has 0 spiro atoms. The Morgan fingerprint density at radius 1 is 1.10 bits per heavy atom. The normalized spacial score (nSPS) is 9.95. The molecule has 21 heavy (non-hydrogen) atoms. The van der Waals surface area contributed by atoms with Crippen LogP contribution in [0.4, 0.5) is 16.2 Å². The second-order valence-corrected chi connectivity index (χ2v) is 4.39. The number of amides is 2. The Hall–Kier alpha value is -3.02. The summed E-state index contributed by atoms with van der Waals surface area (Å²) >= 11 is 0. The molecule has 0 saturated carbocycles. The number of benzene rings is 2. The van der Waals surface area contributed by atoms with Crippen molar-refractivity contribution in [2.75, 3.05) is 17.3 Å². The maximum absolute atomic E-state index is 12.1. The van der Waals surface area contributed by atoms with Crippen LogP contribution in [0, 0.1) is 0 Å². The minimum Gasteiger partial charge on any atom is -0.508 e. The Bertz CT molecular complexity index is 685. The number of aromatic carboxylic acids is 1. The van der Waals surface area contributed by atoms with Crippen molar-refractivity contribution in [1.29, 1.82) is 0 Å². The van der Waals surface area contributed by atoms with Gasteiger partial charge in [-0.25, -0.2) is 9.59 Å². The molecule has 0 unspecified atom stereocenters. The molecule has 6 heteroatoms. The maximum atomic E-state index is 12.1. The summed E-state index contributed by atoms with van der Waals surface area (Å²) in [4.78, 5) is 24.3. The summed E-state index contributed by atoms with van der Waals surface area (Å²) in [7, 11) is 1.55. The van der Waals surface area contributed by atoms with Gasteiger partial charge in [0.15, 0.2) is 0 Å². The fourth-order valence-electron chi connectivity index (χ4n) is 1.76. The number of nitrogens with zero attached hydrogens (tertiary/aromatic N) is 1. The van der Waals surface area contributed by atoms with Crippen molar-refractivity contribution in [3.05, 3.63) is 54.1 Å². The number of hydrogen-bond acceptors (Lipinski definition) is 3. The highest BCUT2D eigenvalue weighted by Crippen LogP contribution is 2.20. The third-order valence-corrected chi connectivity index (χ3v) is 2.88. The molecule has 0 bridgehead atoms. The zero-order valence-corrected chi connectivity index (χ0v) is 11.3. The van der Waals surface area contributed by atoms with Gasteiger partial charge in [0.25, 0.3) is 0 Å². The number of anilines is 2. The molecule has 108 valence electrons. The number of aromatic hydroxyl groups is 1. The van der Waals surface area contributed by atoms with Crippen LogP contribution in [-0.4, -0.2) is 29.3 Å². The van der Waals surface area contributed by atoms with Crippen molar-refractivity contribution >= 4 is 23.4 Å². The topological polar surface area (TPSA) is 89.9 Å². The minimum absolute atomic E-state index is 0.0556. The number of phenolic OH excluding ortho intramolecular Hbond substituents is 1. The first kappa shape index (κ1) is 14.4. The monoisotopic (exact) mass is 286 g/mol. The van der Waals surface area contributed by atoms with Crippen LogP contribution in [0.2, 0.25) is 0 Å². The Labute approximate surface area is 121 Å². The van der Waals surface area contributed by atoms with Gasteiger partial charge in [0.1, 0.15) is 5.75 Å². The van der Waals surface area contributed by atoms with Crippen molar-refractivity contribution in [3.8, 4) is 5.75 Å². The lowest BCUT2D eigenvalue weighted by molar-refractivity contribution is 0.0697. The average molecular weight is 286 g/mol. The van der Waals surface area contributed by atoms with Crippen LogP contribution in [0.25, 0.3) is 0 Å². The van der Waals surface area contributed by atoms with Gasteiger partial charge in [-0.3, -0.25) is 4.90 Å². The van der Waals surface area contributed by atoms with E-state index in [1.54, 1.807) is 31.3 Å².